The van der Waals surface area contributed by atoms with Crippen LogP contribution in [0.2, 0.25) is 0 Å². The van der Waals surface area contributed by atoms with Crippen molar-refractivity contribution >= 4 is 40.6 Å². The van der Waals surface area contributed by atoms with Gasteiger partial charge in [0.25, 0.3) is 5.91 Å². The molecule has 1 N–H and O–H groups in total. The number of aliphatic imine (C=N–C) groups is 1. The van der Waals surface area contributed by atoms with E-state index in [4.69, 9.17) is 14.6 Å². The summed E-state index contributed by atoms with van der Waals surface area (Å²) >= 11 is 1.27. The Hall–Kier alpha value is -3.52. The van der Waals surface area contributed by atoms with Gasteiger partial charge in [0.1, 0.15) is 6.61 Å². The molecule has 0 unspecified atom stereocenters. The maximum Gasteiger partial charge on any atom is 0.335 e. The zero-order valence-corrected chi connectivity index (χ0v) is 18.7. The second-order valence-electron chi connectivity index (χ2n) is 6.65. The number of rotatable bonds is 9. The number of likely N-dealkylation sites (N-methyl/N-ethyl adjacent to an activating group) is 1. The molecule has 7 nitrogen and oxygen atoms in total. The number of carbonyl (C=O) groups is 2. The molecule has 166 valence electrons. The van der Waals surface area contributed by atoms with E-state index in [1.807, 2.05) is 32.0 Å². The minimum absolute atomic E-state index is 0.136. The molecule has 2 aromatic carbocycles. The van der Waals surface area contributed by atoms with Gasteiger partial charge in [-0.1, -0.05) is 18.7 Å². The molecule has 1 fully saturated rings. The molecule has 0 aromatic heterocycles. The van der Waals surface area contributed by atoms with E-state index in [1.54, 1.807) is 29.2 Å². The number of carbonyl (C=O) groups excluding carboxylic acids is 1. The molecule has 0 aliphatic carbocycles. The molecule has 1 amide bonds. The van der Waals surface area contributed by atoms with Crippen LogP contribution in [0.15, 0.2) is 65.0 Å². The molecule has 2 aromatic rings. The lowest BCUT2D eigenvalue weighted by atomic mass is 10.2. The highest BCUT2D eigenvalue weighted by atomic mass is 32.2. The Balaban J connectivity index is 1.88. The highest BCUT2D eigenvalue weighted by Gasteiger charge is 2.32. The van der Waals surface area contributed by atoms with Gasteiger partial charge < -0.3 is 14.6 Å². The van der Waals surface area contributed by atoms with Crippen LogP contribution in [0.1, 0.15) is 29.8 Å². The second-order valence-corrected chi connectivity index (χ2v) is 7.65. The Morgan fingerprint density at radius 3 is 2.53 bits per heavy atom. The molecule has 0 bridgehead atoms. The quantitative estimate of drug-likeness (QED) is 0.427. The van der Waals surface area contributed by atoms with Crippen molar-refractivity contribution in [1.29, 1.82) is 0 Å². The highest BCUT2D eigenvalue weighted by molar-refractivity contribution is 8.18. The summed E-state index contributed by atoms with van der Waals surface area (Å²) < 4.78 is 11.3. The molecule has 1 saturated heterocycles. The summed E-state index contributed by atoms with van der Waals surface area (Å²) in [6.07, 6.45) is 3.46. The van der Waals surface area contributed by atoms with E-state index in [1.165, 1.54) is 23.9 Å². The first-order valence-electron chi connectivity index (χ1n) is 10.1. The third kappa shape index (κ3) is 5.39. The molecule has 8 heteroatoms. The molecule has 1 aliphatic heterocycles. The topological polar surface area (TPSA) is 88.4 Å². The maximum atomic E-state index is 12.9. The van der Waals surface area contributed by atoms with Crippen LogP contribution in [0.4, 0.5) is 5.69 Å². The van der Waals surface area contributed by atoms with Crippen LogP contribution >= 0.6 is 11.8 Å². The fourth-order valence-electron chi connectivity index (χ4n) is 2.96. The minimum Gasteiger partial charge on any atom is -0.490 e. The van der Waals surface area contributed by atoms with Gasteiger partial charge in [-0.05, 0) is 73.6 Å². The number of nitrogens with zero attached hydrogens (tertiary/aromatic N) is 2. The summed E-state index contributed by atoms with van der Waals surface area (Å²) in [5.74, 6) is 0.0751. The number of carboxylic acids is 1. The lowest BCUT2D eigenvalue weighted by Crippen LogP contribution is -2.28. The number of amidine groups is 1. The van der Waals surface area contributed by atoms with E-state index in [0.29, 0.717) is 47.0 Å². The number of ether oxygens (including phenoxy) is 2. The standard InChI is InChI=1S/C24H24N2O5S/c1-4-13-31-19-12-7-16(14-20(19)30-6-3)15-21-22(27)26(5-2)24(32-21)25-18-10-8-17(9-11-18)23(28)29/h4,7-12,14-15H,1,5-6,13H2,2-3H3,(H,28,29)/b21-15-,25-24?. The first-order valence-corrected chi connectivity index (χ1v) is 10.9. The molecule has 32 heavy (non-hydrogen) atoms. The van der Waals surface area contributed by atoms with Crippen LogP contribution in [0.5, 0.6) is 11.5 Å². The fourth-order valence-corrected chi connectivity index (χ4v) is 4.02. The Morgan fingerprint density at radius 1 is 1.16 bits per heavy atom. The summed E-state index contributed by atoms with van der Waals surface area (Å²) in [6.45, 7) is 8.74. The van der Waals surface area contributed by atoms with Crippen molar-refractivity contribution in [1.82, 2.24) is 4.90 Å². The average Bonchev–Trinajstić information content (AvgIpc) is 3.07. The summed E-state index contributed by atoms with van der Waals surface area (Å²) in [4.78, 5) is 30.6. The van der Waals surface area contributed by atoms with Gasteiger partial charge in [0.15, 0.2) is 16.7 Å². The number of thioether (sulfide) groups is 1. The number of hydrogen-bond donors (Lipinski definition) is 1. The summed E-state index contributed by atoms with van der Waals surface area (Å²) in [5.41, 5.74) is 1.56. The van der Waals surface area contributed by atoms with Crippen LogP contribution < -0.4 is 9.47 Å². The summed E-state index contributed by atoms with van der Waals surface area (Å²) in [6, 6.07) is 11.7. The molecule has 3 rings (SSSR count). The fraction of sp³-hybridized carbons (Fsp3) is 0.208. The third-order valence-corrected chi connectivity index (χ3v) is 5.47. The van der Waals surface area contributed by atoms with E-state index in [-0.39, 0.29) is 11.5 Å². The van der Waals surface area contributed by atoms with Gasteiger partial charge in [-0.2, -0.15) is 0 Å². The van der Waals surface area contributed by atoms with Crippen LogP contribution in [-0.4, -0.2) is 46.8 Å². The van der Waals surface area contributed by atoms with Crippen molar-refractivity contribution in [3.8, 4) is 11.5 Å². The first kappa shape index (κ1) is 23.1. The van der Waals surface area contributed by atoms with Crippen molar-refractivity contribution in [2.75, 3.05) is 19.8 Å². The zero-order valence-electron chi connectivity index (χ0n) is 17.9. The minimum atomic E-state index is -0.998. The van der Waals surface area contributed by atoms with E-state index in [0.717, 1.165) is 5.56 Å². The molecule has 1 heterocycles. The van der Waals surface area contributed by atoms with Crippen molar-refractivity contribution in [3.05, 3.63) is 71.2 Å². The maximum absolute atomic E-state index is 12.9. The lowest BCUT2D eigenvalue weighted by Gasteiger charge is -2.12. The van der Waals surface area contributed by atoms with Crippen molar-refractivity contribution < 1.29 is 24.2 Å². The smallest absolute Gasteiger partial charge is 0.335 e. The normalized spacial score (nSPS) is 15.9. The monoisotopic (exact) mass is 452 g/mol. The molecule has 0 radical (unpaired) electrons. The molecule has 0 spiro atoms. The second kappa shape index (κ2) is 10.7. The van der Waals surface area contributed by atoms with Gasteiger partial charge in [0.05, 0.1) is 22.8 Å². The predicted octanol–water partition coefficient (Wildman–Crippen LogP) is 4.97. The SMILES string of the molecule is C=CCOc1ccc(/C=C2\SC(=Nc3ccc(C(=O)O)cc3)N(CC)C2=O)cc1OCC. The molecular formula is C24H24N2O5S. The Morgan fingerprint density at radius 2 is 1.91 bits per heavy atom. The molecular weight excluding hydrogens is 428 g/mol. The van der Waals surface area contributed by atoms with Gasteiger partial charge in [-0.3, -0.25) is 9.69 Å². The number of benzene rings is 2. The van der Waals surface area contributed by atoms with Crippen molar-refractivity contribution in [2.24, 2.45) is 4.99 Å². The Bertz CT molecular complexity index is 1080. The average molecular weight is 453 g/mol. The van der Waals surface area contributed by atoms with E-state index >= 15 is 0 Å². The van der Waals surface area contributed by atoms with Crippen molar-refractivity contribution in [2.45, 2.75) is 13.8 Å². The van der Waals surface area contributed by atoms with Gasteiger partial charge in [-0.15, -0.1) is 0 Å². The van der Waals surface area contributed by atoms with Gasteiger partial charge in [-0.25, -0.2) is 9.79 Å². The van der Waals surface area contributed by atoms with Crippen LogP contribution in [0, 0.1) is 0 Å². The van der Waals surface area contributed by atoms with Crippen LogP contribution in [0.3, 0.4) is 0 Å². The van der Waals surface area contributed by atoms with Gasteiger partial charge in [0, 0.05) is 6.54 Å². The van der Waals surface area contributed by atoms with E-state index in [2.05, 4.69) is 11.6 Å². The predicted molar refractivity (Wildman–Crippen MR) is 127 cm³/mol. The summed E-state index contributed by atoms with van der Waals surface area (Å²) in [7, 11) is 0. The van der Waals surface area contributed by atoms with Gasteiger partial charge >= 0.3 is 5.97 Å². The van der Waals surface area contributed by atoms with E-state index < -0.39 is 5.97 Å². The van der Waals surface area contributed by atoms with Crippen LogP contribution in [0.25, 0.3) is 6.08 Å². The Kier molecular flexibility index (Phi) is 7.72. The van der Waals surface area contributed by atoms with Gasteiger partial charge in [0.2, 0.25) is 0 Å². The number of carboxylic acid groups (broad SMARTS) is 1. The van der Waals surface area contributed by atoms with Crippen molar-refractivity contribution in [3.63, 3.8) is 0 Å². The number of aromatic carboxylic acids is 1. The lowest BCUT2D eigenvalue weighted by molar-refractivity contribution is -0.122. The number of amides is 1. The number of hydrogen-bond acceptors (Lipinski definition) is 6. The first-order chi connectivity index (χ1) is 15.5. The zero-order chi connectivity index (χ0) is 23.1. The van der Waals surface area contributed by atoms with E-state index in [9.17, 15) is 9.59 Å². The molecule has 1 aliphatic rings. The molecule has 0 saturated carbocycles. The van der Waals surface area contributed by atoms with Crippen LogP contribution in [-0.2, 0) is 4.79 Å². The molecule has 0 atom stereocenters. The Labute approximate surface area is 191 Å². The highest BCUT2D eigenvalue weighted by Crippen LogP contribution is 2.36. The summed E-state index contributed by atoms with van der Waals surface area (Å²) in [5, 5.41) is 9.59. The third-order valence-electron chi connectivity index (χ3n) is 4.47. The largest absolute Gasteiger partial charge is 0.490 e.